The number of piperidine rings is 1. The monoisotopic (exact) mass is 432 g/mol. The van der Waals surface area contributed by atoms with Crippen LogP contribution in [0.25, 0.3) is 0 Å². The van der Waals surface area contributed by atoms with Crippen LogP contribution < -0.4 is 19.7 Å². The van der Waals surface area contributed by atoms with E-state index in [0.717, 1.165) is 31.5 Å². The summed E-state index contributed by atoms with van der Waals surface area (Å²) in [5, 5.41) is 3.36. The Hall–Kier alpha value is -2.94. The summed E-state index contributed by atoms with van der Waals surface area (Å²) in [4.78, 5) is 22.5. The maximum atomic E-state index is 14.7. The summed E-state index contributed by atoms with van der Waals surface area (Å²) in [5.74, 6) is -0.0572. The van der Waals surface area contributed by atoms with Gasteiger partial charge in [-0.1, -0.05) is 0 Å². The molecule has 1 aliphatic rings. The number of anilines is 1. The minimum atomic E-state index is -0.534. The first-order chi connectivity index (χ1) is 15.1. The summed E-state index contributed by atoms with van der Waals surface area (Å²) in [6.45, 7) is 6.59. The van der Waals surface area contributed by atoms with Crippen LogP contribution in [-0.4, -0.2) is 55.4 Å². The molecule has 0 aliphatic carbocycles. The molecule has 0 unspecified atom stereocenters. The van der Waals surface area contributed by atoms with Crippen molar-refractivity contribution in [3.8, 4) is 11.5 Å². The van der Waals surface area contributed by atoms with Gasteiger partial charge < -0.3 is 24.4 Å². The molecule has 2 aromatic rings. The molecular weight excluding hydrogens is 403 g/mol. The van der Waals surface area contributed by atoms with Gasteiger partial charge in [-0.3, -0.25) is 0 Å². The Morgan fingerprint density at radius 2 is 1.77 bits per heavy atom. The fraction of sp³-hybridized carbons (Fsp3) is 0.500. The highest BCUT2D eigenvalue weighted by Crippen LogP contribution is 2.31. The zero-order valence-corrected chi connectivity index (χ0v) is 18.2. The predicted molar refractivity (Wildman–Crippen MR) is 114 cm³/mol. The molecule has 0 amide bonds. The van der Waals surface area contributed by atoms with Crippen LogP contribution in [0.2, 0.25) is 0 Å². The average molecular weight is 432 g/mol. The molecule has 1 N–H and O–H groups in total. The van der Waals surface area contributed by atoms with E-state index in [0.29, 0.717) is 25.6 Å². The van der Waals surface area contributed by atoms with Gasteiger partial charge in [-0.2, -0.15) is 4.39 Å². The third-order valence-electron chi connectivity index (χ3n) is 5.09. The summed E-state index contributed by atoms with van der Waals surface area (Å²) in [7, 11) is 1.31. The van der Waals surface area contributed by atoms with Crippen molar-refractivity contribution in [3.05, 3.63) is 41.6 Å². The minimum Gasteiger partial charge on any atom is -0.491 e. The first-order valence-corrected chi connectivity index (χ1v) is 10.5. The second-order valence-electron chi connectivity index (χ2n) is 7.13. The van der Waals surface area contributed by atoms with E-state index in [1.807, 2.05) is 13.8 Å². The number of aromatic nitrogens is 2. The minimum absolute atomic E-state index is 0.149. The highest BCUT2D eigenvalue weighted by molar-refractivity contribution is 5.86. The molecule has 0 radical (unpaired) electrons. The molecule has 1 fully saturated rings. The lowest BCUT2D eigenvalue weighted by atomic mass is 10.0. The number of rotatable bonds is 9. The van der Waals surface area contributed by atoms with E-state index < -0.39 is 11.8 Å². The number of nitrogens with zero attached hydrogens (tertiary/aromatic N) is 3. The summed E-state index contributed by atoms with van der Waals surface area (Å²) < 4.78 is 30.3. The molecule has 3 rings (SSSR count). The standard InChI is InChI=1S/C22H29FN4O4/c1-4-30-18-10-15(11-19(21(18)23)31-5-2)14-27(16-6-8-24-9-7-16)20-13-25-17(12-26-20)22(28)29-3/h10-13,16,24H,4-9,14H2,1-3H3. The van der Waals surface area contributed by atoms with Gasteiger partial charge >= 0.3 is 5.97 Å². The van der Waals surface area contributed by atoms with Gasteiger partial charge in [0.25, 0.3) is 0 Å². The summed E-state index contributed by atoms with van der Waals surface area (Å²) in [6, 6.07) is 3.62. The van der Waals surface area contributed by atoms with E-state index in [1.54, 1.807) is 18.3 Å². The van der Waals surface area contributed by atoms with Crippen molar-refractivity contribution in [3.63, 3.8) is 0 Å². The molecule has 0 saturated carbocycles. The molecule has 1 saturated heterocycles. The van der Waals surface area contributed by atoms with Crippen LogP contribution in [-0.2, 0) is 11.3 Å². The Labute approximate surface area is 181 Å². The second-order valence-corrected chi connectivity index (χ2v) is 7.13. The van der Waals surface area contributed by atoms with E-state index in [-0.39, 0.29) is 23.2 Å². The molecule has 0 spiro atoms. The van der Waals surface area contributed by atoms with E-state index in [4.69, 9.17) is 14.2 Å². The number of carbonyl (C=O) groups is 1. The third kappa shape index (κ3) is 5.61. The molecular formula is C22H29FN4O4. The van der Waals surface area contributed by atoms with Crippen molar-refractivity contribution in [2.45, 2.75) is 39.3 Å². The maximum Gasteiger partial charge on any atom is 0.358 e. The largest absolute Gasteiger partial charge is 0.491 e. The van der Waals surface area contributed by atoms with Gasteiger partial charge in [-0.05, 0) is 57.5 Å². The first-order valence-electron chi connectivity index (χ1n) is 10.5. The van der Waals surface area contributed by atoms with Crippen LogP contribution in [0.1, 0.15) is 42.7 Å². The van der Waals surface area contributed by atoms with Gasteiger partial charge in [-0.25, -0.2) is 14.8 Å². The average Bonchev–Trinajstić information content (AvgIpc) is 2.81. The highest BCUT2D eigenvalue weighted by atomic mass is 19.1. The fourth-order valence-electron chi connectivity index (χ4n) is 3.63. The van der Waals surface area contributed by atoms with Crippen molar-refractivity contribution < 1.29 is 23.4 Å². The fourth-order valence-corrected chi connectivity index (χ4v) is 3.63. The number of hydrogen-bond acceptors (Lipinski definition) is 8. The van der Waals surface area contributed by atoms with Crippen molar-refractivity contribution in [2.24, 2.45) is 0 Å². The number of hydrogen-bond donors (Lipinski definition) is 1. The highest BCUT2D eigenvalue weighted by Gasteiger charge is 2.24. The first kappa shape index (κ1) is 22.7. The summed E-state index contributed by atoms with van der Waals surface area (Å²) in [6.07, 6.45) is 4.85. The molecule has 0 bridgehead atoms. The van der Waals surface area contributed by atoms with Crippen molar-refractivity contribution >= 4 is 11.8 Å². The second kappa shape index (κ2) is 10.9. The van der Waals surface area contributed by atoms with Gasteiger partial charge in [0.05, 0.1) is 32.7 Å². The molecule has 31 heavy (non-hydrogen) atoms. The van der Waals surface area contributed by atoms with E-state index >= 15 is 0 Å². The number of ether oxygens (including phenoxy) is 3. The van der Waals surface area contributed by atoms with E-state index in [1.165, 1.54) is 13.3 Å². The maximum absolute atomic E-state index is 14.7. The van der Waals surface area contributed by atoms with Crippen molar-refractivity contribution in [2.75, 3.05) is 38.3 Å². The topological polar surface area (TPSA) is 85.8 Å². The number of carbonyl (C=O) groups excluding carboxylic acids is 1. The van der Waals surface area contributed by atoms with Crippen LogP contribution in [0.5, 0.6) is 11.5 Å². The lowest BCUT2D eigenvalue weighted by molar-refractivity contribution is 0.0593. The normalized spacial score (nSPS) is 14.2. The molecule has 9 heteroatoms. The number of methoxy groups -OCH3 is 1. The molecule has 8 nitrogen and oxygen atoms in total. The molecule has 1 aromatic carbocycles. The van der Waals surface area contributed by atoms with Crippen molar-refractivity contribution in [1.29, 1.82) is 0 Å². The summed E-state index contributed by atoms with van der Waals surface area (Å²) >= 11 is 0. The Balaban J connectivity index is 1.94. The van der Waals surface area contributed by atoms with Crippen LogP contribution >= 0.6 is 0 Å². The Bertz CT molecular complexity index is 845. The molecule has 168 valence electrons. The van der Waals surface area contributed by atoms with Crippen LogP contribution in [0.3, 0.4) is 0 Å². The lowest BCUT2D eigenvalue weighted by Crippen LogP contribution is -2.43. The smallest absolute Gasteiger partial charge is 0.358 e. The van der Waals surface area contributed by atoms with Crippen molar-refractivity contribution in [1.82, 2.24) is 15.3 Å². The van der Waals surface area contributed by atoms with E-state index in [2.05, 4.69) is 20.2 Å². The quantitative estimate of drug-likeness (QED) is 0.606. The number of nitrogens with one attached hydrogen (secondary N) is 1. The number of benzene rings is 1. The van der Waals surface area contributed by atoms with Crippen LogP contribution in [0.4, 0.5) is 10.2 Å². The van der Waals surface area contributed by atoms with Crippen LogP contribution in [0.15, 0.2) is 24.5 Å². The summed E-state index contributed by atoms with van der Waals surface area (Å²) in [5.41, 5.74) is 0.987. The lowest BCUT2D eigenvalue weighted by Gasteiger charge is -2.35. The Morgan fingerprint density at radius 1 is 1.13 bits per heavy atom. The zero-order valence-electron chi connectivity index (χ0n) is 18.2. The Kier molecular flexibility index (Phi) is 8.00. The van der Waals surface area contributed by atoms with Gasteiger partial charge in [0, 0.05) is 12.6 Å². The predicted octanol–water partition coefficient (Wildman–Crippen LogP) is 2.96. The third-order valence-corrected chi connectivity index (χ3v) is 5.09. The van der Waals surface area contributed by atoms with Gasteiger partial charge in [-0.15, -0.1) is 0 Å². The van der Waals surface area contributed by atoms with Crippen LogP contribution in [0, 0.1) is 5.82 Å². The molecule has 2 heterocycles. The van der Waals surface area contributed by atoms with E-state index in [9.17, 15) is 9.18 Å². The zero-order chi connectivity index (χ0) is 22.2. The Morgan fingerprint density at radius 3 is 2.29 bits per heavy atom. The van der Waals surface area contributed by atoms with Gasteiger partial charge in [0.15, 0.2) is 17.2 Å². The van der Waals surface area contributed by atoms with Gasteiger partial charge in [0.1, 0.15) is 5.82 Å². The number of halogens is 1. The SMILES string of the molecule is CCOc1cc(CN(c2cnc(C(=O)OC)cn2)C2CCNCC2)cc(OCC)c1F. The molecule has 1 aliphatic heterocycles. The molecule has 1 aromatic heterocycles. The molecule has 0 atom stereocenters. The number of esters is 1. The van der Waals surface area contributed by atoms with Gasteiger partial charge in [0.2, 0.25) is 5.82 Å².